The Morgan fingerprint density at radius 2 is 2.15 bits per heavy atom. The molecule has 0 amide bonds. The van der Waals surface area contributed by atoms with E-state index >= 15 is 0 Å². The third kappa shape index (κ3) is 3.32. The second-order valence-electron chi connectivity index (χ2n) is 6.61. The fourth-order valence-electron chi connectivity index (χ4n) is 3.19. The highest BCUT2D eigenvalue weighted by Gasteiger charge is 2.44. The lowest BCUT2D eigenvalue weighted by atomic mass is 9.87. The Bertz CT molecular complexity index is 484. The van der Waals surface area contributed by atoms with Gasteiger partial charge in [-0.2, -0.15) is 0 Å². The van der Waals surface area contributed by atoms with Crippen LogP contribution in [0.1, 0.15) is 45.6 Å². The van der Waals surface area contributed by atoms with Crippen LogP contribution in [0.4, 0.5) is 0 Å². The molecule has 3 unspecified atom stereocenters. The number of nitrogens with one attached hydrogen (secondary N) is 1. The van der Waals surface area contributed by atoms with Crippen molar-refractivity contribution in [2.45, 2.75) is 63.1 Å². The molecule has 1 N–H and O–H groups in total. The third-order valence-corrected chi connectivity index (χ3v) is 6.17. The fourth-order valence-corrected chi connectivity index (χ4v) is 5.10. The lowest BCUT2D eigenvalue weighted by Crippen LogP contribution is -2.46. The lowest BCUT2D eigenvalue weighted by molar-refractivity contribution is 0.286. The van der Waals surface area contributed by atoms with E-state index in [2.05, 4.69) is 45.1 Å². The van der Waals surface area contributed by atoms with Crippen molar-refractivity contribution in [3.63, 3.8) is 0 Å². The maximum atomic E-state index is 12.9. The summed E-state index contributed by atoms with van der Waals surface area (Å²) in [5.41, 5.74) is 1.42. The van der Waals surface area contributed by atoms with Gasteiger partial charge in [-0.1, -0.05) is 32.9 Å². The van der Waals surface area contributed by atoms with Crippen LogP contribution in [0.3, 0.4) is 0 Å². The third-order valence-electron chi connectivity index (χ3n) is 4.40. The van der Waals surface area contributed by atoms with Crippen molar-refractivity contribution in [2.24, 2.45) is 5.41 Å². The van der Waals surface area contributed by atoms with Gasteiger partial charge in [0.2, 0.25) is 0 Å². The van der Waals surface area contributed by atoms with E-state index in [-0.39, 0.29) is 10.7 Å². The smallest absolute Gasteiger partial charge is 0.0576 e. The summed E-state index contributed by atoms with van der Waals surface area (Å²) < 4.78 is 12.9. The average molecular weight is 293 g/mol. The van der Waals surface area contributed by atoms with Gasteiger partial charge in [0, 0.05) is 10.9 Å². The minimum atomic E-state index is -0.912. The van der Waals surface area contributed by atoms with Crippen molar-refractivity contribution < 1.29 is 4.21 Å². The summed E-state index contributed by atoms with van der Waals surface area (Å²) in [7, 11) is -0.912. The Morgan fingerprint density at radius 1 is 1.40 bits per heavy atom. The van der Waals surface area contributed by atoms with Crippen LogP contribution < -0.4 is 5.32 Å². The summed E-state index contributed by atoms with van der Waals surface area (Å²) in [5.74, 6) is 0. The zero-order chi connectivity index (χ0) is 14.8. The zero-order valence-corrected chi connectivity index (χ0v) is 13.9. The fraction of sp³-hybridized carbons (Fsp3) is 0.647. The average Bonchev–Trinajstić information content (AvgIpc) is 2.70. The lowest BCUT2D eigenvalue weighted by Gasteiger charge is -2.31. The van der Waals surface area contributed by atoms with E-state index in [4.69, 9.17) is 0 Å². The Balaban J connectivity index is 2.20. The summed E-state index contributed by atoms with van der Waals surface area (Å²) in [4.78, 5) is 0.982. The monoisotopic (exact) mass is 293 g/mol. The molecule has 3 atom stereocenters. The Labute approximate surface area is 125 Å². The summed E-state index contributed by atoms with van der Waals surface area (Å²) >= 11 is 0. The van der Waals surface area contributed by atoms with Crippen molar-refractivity contribution in [3.8, 4) is 0 Å². The molecule has 1 aromatic carbocycles. The summed E-state index contributed by atoms with van der Waals surface area (Å²) in [5, 5.41) is 3.88. The first-order chi connectivity index (χ1) is 9.45. The quantitative estimate of drug-likeness (QED) is 0.897. The molecule has 2 rings (SSSR count). The summed E-state index contributed by atoms with van der Waals surface area (Å²) in [6, 6.07) is 8.50. The molecule has 112 valence electrons. The molecule has 1 aliphatic rings. The van der Waals surface area contributed by atoms with Crippen LogP contribution in [0.5, 0.6) is 0 Å². The van der Waals surface area contributed by atoms with E-state index < -0.39 is 10.8 Å². The molecule has 0 aromatic heterocycles. The van der Waals surface area contributed by atoms with Crippen LogP contribution >= 0.6 is 0 Å². The molecule has 0 bridgehead atoms. The first-order valence-electron chi connectivity index (χ1n) is 7.66. The highest BCUT2D eigenvalue weighted by atomic mass is 32.2. The molecule has 0 saturated heterocycles. The van der Waals surface area contributed by atoms with Gasteiger partial charge in [-0.05, 0) is 55.8 Å². The molecular weight excluding hydrogens is 266 g/mol. The molecule has 0 aliphatic heterocycles. The van der Waals surface area contributed by atoms with Gasteiger partial charge in [0.15, 0.2) is 0 Å². The highest BCUT2D eigenvalue weighted by Crippen LogP contribution is 2.41. The predicted molar refractivity (Wildman–Crippen MR) is 86.5 cm³/mol. The topological polar surface area (TPSA) is 29.1 Å². The van der Waals surface area contributed by atoms with Crippen molar-refractivity contribution in [2.75, 3.05) is 6.54 Å². The Kier molecular flexibility index (Phi) is 5.03. The second kappa shape index (κ2) is 6.40. The van der Waals surface area contributed by atoms with Crippen molar-refractivity contribution in [1.82, 2.24) is 5.32 Å². The molecular formula is C17H27NOS. The van der Waals surface area contributed by atoms with Gasteiger partial charge in [-0.15, -0.1) is 0 Å². The van der Waals surface area contributed by atoms with Crippen LogP contribution in [0.15, 0.2) is 29.2 Å². The van der Waals surface area contributed by atoms with Gasteiger partial charge in [0.25, 0.3) is 0 Å². The van der Waals surface area contributed by atoms with E-state index in [0.29, 0.717) is 6.04 Å². The van der Waals surface area contributed by atoms with Crippen molar-refractivity contribution >= 4 is 10.8 Å². The van der Waals surface area contributed by atoms with Crippen molar-refractivity contribution in [1.29, 1.82) is 0 Å². The minimum Gasteiger partial charge on any atom is -0.312 e. The van der Waals surface area contributed by atoms with Crippen molar-refractivity contribution in [3.05, 3.63) is 29.8 Å². The number of benzene rings is 1. The largest absolute Gasteiger partial charge is 0.312 e. The minimum absolute atomic E-state index is 0.235. The maximum Gasteiger partial charge on any atom is 0.0576 e. The van der Waals surface area contributed by atoms with Gasteiger partial charge < -0.3 is 5.32 Å². The van der Waals surface area contributed by atoms with E-state index in [0.717, 1.165) is 30.7 Å². The van der Waals surface area contributed by atoms with Crippen LogP contribution in [0.25, 0.3) is 0 Å². The first kappa shape index (κ1) is 15.7. The molecule has 0 radical (unpaired) electrons. The van der Waals surface area contributed by atoms with Crippen LogP contribution in [-0.4, -0.2) is 22.0 Å². The molecule has 0 heterocycles. The van der Waals surface area contributed by atoms with E-state index in [9.17, 15) is 4.21 Å². The van der Waals surface area contributed by atoms with Gasteiger partial charge in [-0.3, -0.25) is 4.21 Å². The summed E-state index contributed by atoms with van der Waals surface area (Å²) in [6.07, 6.45) is 3.32. The second-order valence-corrected chi connectivity index (χ2v) is 8.28. The van der Waals surface area contributed by atoms with Gasteiger partial charge in [-0.25, -0.2) is 0 Å². The number of rotatable bonds is 5. The van der Waals surface area contributed by atoms with Gasteiger partial charge in [0.05, 0.1) is 16.0 Å². The van der Waals surface area contributed by atoms with E-state index in [1.165, 1.54) is 5.56 Å². The molecule has 2 nitrogen and oxygen atoms in total. The molecule has 1 aliphatic carbocycles. The molecule has 1 saturated carbocycles. The molecule has 3 heteroatoms. The van der Waals surface area contributed by atoms with Crippen LogP contribution in [0.2, 0.25) is 0 Å². The standard InChI is InChI=1S/C17H27NOS/c1-5-11-18-16-15(9-10-17(16,3)4)20(19)14-8-6-7-13(2)12-14/h6-8,12,15-16,18H,5,9-11H2,1-4H3. The molecule has 20 heavy (non-hydrogen) atoms. The highest BCUT2D eigenvalue weighted by molar-refractivity contribution is 7.85. The number of hydrogen-bond acceptors (Lipinski definition) is 2. The number of aryl methyl sites for hydroxylation is 1. The molecule has 0 spiro atoms. The van der Waals surface area contributed by atoms with Gasteiger partial charge in [0.1, 0.15) is 0 Å². The molecule has 1 aromatic rings. The van der Waals surface area contributed by atoms with E-state index in [1.807, 2.05) is 12.1 Å². The normalized spacial score (nSPS) is 26.6. The molecule has 1 fully saturated rings. The summed E-state index contributed by atoms with van der Waals surface area (Å²) in [6.45, 7) is 9.85. The maximum absolute atomic E-state index is 12.9. The SMILES string of the molecule is CCCNC1C(S(=O)c2cccc(C)c2)CCC1(C)C. The van der Waals surface area contributed by atoms with Crippen LogP contribution in [-0.2, 0) is 10.8 Å². The van der Waals surface area contributed by atoms with Gasteiger partial charge >= 0.3 is 0 Å². The number of hydrogen-bond donors (Lipinski definition) is 1. The predicted octanol–water partition coefficient (Wildman–Crippen LogP) is 3.66. The first-order valence-corrected chi connectivity index (χ1v) is 8.87. The Hall–Kier alpha value is -0.670. The zero-order valence-electron chi connectivity index (χ0n) is 13.1. The Morgan fingerprint density at radius 3 is 2.80 bits per heavy atom. The van der Waals surface area contributed by atoms with E-state index in [1.54, 1.807) is 0 Å². The van der Waals surface area contributed by atoms with Crippen LogP contribution in [0, 0.1) is 12.3 Å².